The van der Waals surface area contributed by atoms with Crippen molar-refractivity contribution in [3.63, 3.8) is 0 Å². The SMILES string of the molecule is CC1CC(Nc2ccc(C#N)c(C(F)(F)F)c2)C1. The average Bonchev–Trinajstić information content (AvgIpc) is 2.26. The molecule has 1 aliphatic rings. The van der Waals surface area contributed by atoms with E-state index in [4.69, 9.17) is 5.26 Å². The Labute approximate surface area is 103 Å². The third-order valence-electron chi connectivity index (χ3n) is 3.19. The molecule has 5 heteroatoms. The number of nitrogens with zero attached hydrogens (tertiary/aromatic N) is 1. The predicted molar refractivity (Wildman–Crippen MR) is 62.0 cm³/mol. The van der Waals surface area contributed by atoms with Gasteiger partial charge in [-0.15, -0.1) is 0 Å². The molecule has 0 aromatic heterocycles. The lowest BCUT2D eigenvalue weighted by Crippen LogP contribution is -2.33. The molecule has 0 aliphatic heterocycles. The van der Waals surface area contributed by atoms with Crippen LogP contribution in [0.2, 0.25) is 0 Å². The molecule has 0 saturated heterocycles. The van der Waals surface area contributed by atoms with Crippen LogP contribution in [0.25, 0.3) is 0 Å². The van der Waals surface area contributed by atoms with E-state index < -0.39 is 11.7 Å². The van der Waals surface area contributed by atoms with Crippen molar-refractivity contribution in [2.75, 3.05) is 5.32 Å². The van der Waals surface area contributed by atoms with E-state index in [1.54, 1.807) is 6.07 Å². The minimum absolute atomic E-state index is 0.244. The molecule has 1 N–H and O–H groups in total. The molecule has 1 aliphatic carbocycles. The molecule has 0 amide bonds. The highest BCUT2D eigenvalue weighted by atomic mass is 19.4. The van der Waals surface area contributed by atoms with Gasteiger partial charge in [0.2, 0.25) is 0 Å². The van der Waals surface area contributed by atoms with Gasteiger partial charge in [-0.2, -0.15) is 18.4 Å². The fourth-order valence-electron chi connectivity index (χ4n) is 2.22. The molecule has 96 valence electrons. The van der Waals surface area contributed by atoms with Gasteiger partial charge in [-0.05, 0) is 37.0 Å². The van der Waals surface area contributed by atoms with E-state index in [-0.39, 0.29) is 11.6 Å². The smallest absolute Gasteiger partial charge is 0.382 e. The quantitative estimate of drug-likeness (QED) is 0.871. The Balaban J connectivity index is 2.21. The summed E-state index contributed by atoms with van der Waals surface area (Å²) in [4.78, 5) is 0. The van der Waals surface area contributed by atoms with E-state index in [0.29, 0.717) is 11.6 Å². The monoisotopic (exact) mass is 254 g/mol. The lowest BCUT2D eigenvalue weighted by molar-refractivity contribution is -0.137. The standard InChI is InChI=1S/C13H13F3N2/c1-8-4-11(5-8)18-10-3-2-9(7-17)12(6-10)13(14,15)16/h2-3,6,8,11,18H,4-5H2,1H3. The molecule has 0 spiro atoms. The van der Waals surface area contributed by atoms with Crippen LogP contribution in [0, 0.1) is 17.2 Å². The van der Waals surface area contributed by atoms with Crippen molar-refractivity contribution in [2.45, 2.75) is 32.0 Å². The third kappa shape index (κ3) is 2.58. The summed E-state index contributed by atoms with van der Waals surface area (Å²) in [5.41, 5.74) is -0.782. The Hall–Kier alpha value is -1.70. The maximum absolute atomic E-state index is 12.7. The summed E-state index contributed by atoms with van der Waals surface area (Å²) in [5, 5.41) is 11.7. The van der Waals surface area contributed by atoms with Gasteiger partial charge in [0.05, 0.1) is 17.2 Å². The number of halogens is 3. The van der Waals surface area contributed by atoms with Gasteiger partial charge in [0.15, 0.2) is 0 Å². The normalized spacial score (nSPS) is 23.1. The van der Waals surface area contributed by atoms with Gasteiger partial charge < -0.3 is 5.32 Å². The summed E-state index contributed by atoms with van der Waals surface area (Å²) in [6, 6.07) is 5.57. The highest BCUT2D eigenvalue weighted by Crippen LogP contribution is 2.35. The minimum Gasteiger partial charge on any atom is -0.382 e. The molecule has 1 aromatic rings. The first-order chi connectivity index (χ1) is 8.40. The molecule has 0 heterocycles. The molecule has 2 nitrogen and oxygen atoms in total. The summed E-state index contributed by atoms with van der Waals surface area (Å²) in [7, 11) is 0. The first-order valence-electron chi connectivity index (χ1n) is 5.78. The van der Waals surface area contributed by atoms with Crippen LogP contribution in [-0.4, -0.2) is 6.04 Å². The average molecular weight is 254 g/mol. The molecule has 1 aromatic carbocycles. The van der Waals surface area contributed by atoms with Crippen LogP contribution >= 0.6 is 0 Å². The molecule has 0 bridgehead atoms. The first kappa shape index (κ1) is 12.7. The summed E-state index contributed by atoms with van der Waals surface area (Å²) in [6.45, 7) is 2.11. The van der Waals surface area contributed by atoms with Crippen molar-refractivity contribution in [3.05, 3.63) is 29.3 Å². The summed E-state index contributed by atoms with van der Waals surface area (Å²) >= 11 is 0. The lowest BCUT2D eigenvalue weighted by atomic mass is 9.82. The summed E-state index contributed by atoms with van der Waals surface area (Å²) in [5.74, 6) is 0.628. The Morgan fingerprint density at radius 1 is 1.33 bits per heavy atom. The van der Waals surface area contributed by atoms with Gasteiger partial charge in [0.1, 0.15) is 0 Å². The number of rotatable bonds is 2. The fraction of sp³-hybridized carbons (Fsp3) is 0.462. The number of benzene rings is 1. The van der Waals surface area contributed by atoms with Crippen molar-refractivity contribution in [3.8, 4) is 6.07 Å². The van der Waals surface area contributed by atoms with Crippen molar-refractivity contribution in [1.29, 1.82) is 5.26 Å². The summed E-state index contributed by atoms with van der Waals surface area (Å²) in [6.07, 6.45) is -2.54. The van der Waals surface area contributed by atoms with Gasteiger partial charge in [0.25, 0.3) is 0 Å². The van der Waals surface area contributed by atoms with E-state index in [1.807, 2.05) is 0 Å². The number of nitriles is 1. The maximum Gasteiger partial charge on any atom is 0.417 e. The number of hydrogen-bond acceptors (Lipinski definition) is 2. The van der Waals surface area contributed by atoms with Gasteiger partial charge in [-0.25, -0.2) is 0 Å². The van der Waals surface area contributed by atoms with E-state index in [1.165, 1.54) is 12.1 Å². The second kappa shape index (κ2) is 4.52. The largest absolute Gasteiger partial charge is 0.417 e. The highest BCUT2D eigenvalue weighted by Gasteiger charge is 2.34. The van der Waals surface area contributed by atoms with Gasteiger partial charge in [-0.3, -0.25) is 0 Å². The van der Waals surface area contributed by atoms with E-state index in [9.17, 15) is 13.2 Å². The number of nitrogens with one attached hydrogen (secondary N) is 1. The first-order valence-corrected chi connectivity index (χ1v) is 5.78. The van der Waals surface area contributed by atoms with E-state index in [2.05, 4.69) is 12.2 Å². The summed E-state index contributed by atoms with van der Waals surface area (Å²) < 4.78 is 38.2. The van der Waals surface area contributed by atoms with E-state index in [0.717, 1.165) is 18.9 Å². The molecule has 0 unspecified atom stereocenters. The van der Waals surface area contributed by atoms with Crippen LogP contribution in [0.4, 0.5) is 18.9 Å². The molecule has 1 fully saturated rings. The van der Waals surface area contributed by atoms with Crippen LogP contribution < -0.4 is 5.32 Å². The molecule has 1 saturated carbocycles. The minimum atomic E-state index is -4.49. The van der Waals surface area contributed by atoms with Gasteiger partial charge in [0, 0.05) is 11.7 Å². The fourth-order valence-corrected chi connectivity index (χ4v) is 2.22. The topological polar surface area (TPSA) is 35.8 Å². The lowest BCUT2D eigenvalue weighted by Gasteiger charge is -2.34. The number of anilines is 1. The van der Waals surface area contributed by atoms with Crippen LogP contribution in [0.5, 0.6) is 0 Å². The van der Waals surface area contributed by atoms with Crippen molar-refractivity contribution < 1.29 is 13.2 Å². The van der Waals surface area contributed by atoms with Gasteiger partial charge in [-0.1, -0.05) is 6.92 Å². The Kier molecular flexibility index (Phi) is 3.20. The molecular weight excluding hydrogens is 241 g/mol. The third-order valence-corrected chi connectivity index (χ3v) is 3.19. The highest BCUT2D eigenvalue weighted by molar-refractivity contribution is 5.53. The molecule has 0 radical (unpaired) electrons. The zero-order valence-electron chi connectivity index (χ0n) is 9.88. The van der Waals surface area contributed by atoms with Crippen LogP contribution in [0.1, 0.15) is 30.9 Å². The van der Waals surface area contributed by atoms with Crippen LogP contribution in [0.3, 0.4) is 0 Å². The molecule has 2 rings (SSSR count). The molecule has 0 atom stereocenters. The second-order valence-corrected chi connectivity index (χ2v) is 4.79. The Bertz CT molecular complexity index is 482. The second-order valence-electron chi connectivity index (χ2n) is 4.79. The van der Waals surface area contributed by atoms with Gasteiger partial charge >= 0.3 is 6.18 Å². The number of alkyl halides is 3. The maximum atomic E-state index is 12.7. The van der Waals surface area contributed by atoms with Crippen molar-refractivity contribution >= 4 is 5.69 Å². The van der Waals surface area contributed by atoms with Crippen molar-refractivity contribution in [1.82, 2.24) is 0 Å². The Morgan fingerprint density at radius 3 is 2.50 bits per heavy atom. The molecular formula is C13H13F3N2. The predicted octanol–water partition coefficient (Wildman–Crippen LogP) is 3.79. The van der Waals surface area contributed by atoms with Crippen molar-refractivity contribution in [2.24, 2.45) is 5.92 Å². The number of hydrogen-bond donors (Lipinski definition) is 1. The van der Waals surface area contributed by atoms with E-state index >= 15 is 0 Å². The Morgan fingerprint density at radius 2 is 2.00 bits per heavy atom. The zero-order valence-corrected chi connectivity index (χ0v) is 9.88. The van der Waals surface area contributed by atoms with Crippen LogP contribution in [0.15, 0.2) is 18.2 Å². The zero-order chi connectivity index (χ0) is 13.3. The van der Waals surface area contributed by atoms with Crippen LogP contribution in [-0.2, 0) is 6.18 Å². The molecule has 18 heavy (non-hydrogen) atoms.